The molecule has 1 saturated carbocycles. The van der Waals surface area contributed by atoms with Gasteiger partial charge in [0.15, 0.2) is 0 Å². The molecule has 0 bridgehead atoms. The Morgan fingerprint density at radius 1 is 0.909 bits per heavy atom. The third kappa shape index (κ3) is 1.65. The SMILES string of the molecule is O[C@@H]1[C@@H](O)[C@H](O)C[C@H](Cl)[C@H]1O. The van der Waals surface area contributed by atoms with Crippen LogP contribution in [0, 0.1) is 0 Å². The van der Waals surface area contributed by atoms with E-state index in [1.807, 2.05) is 0 Å². The number of aliphatic hydroxyl groups is 4. The Kier molecular flexibility index (Phi) is 2.72. The standard InChI is InChI=1S/C6H11ClO4/c7-2-1-3(8)5(10)6(11)4(2)9/h2-6,8-11H,1H2/t2-,3+,4+,5-,6-/m0/s1. The van der Waals surface area contributed by atoms with Gasteiger partial charge < -0.3 is 20.4 Å². The molecule has 4 N–H and O–H groups in total. The molecule has 5 atom stereocenters. The molecule has 0 aromatic carbocycles. The molecule has 11 heavy (non-hydrogen) atoms. The van der Waals surface area contributed by atoms with Crippen LogP contribution < -0.4 is 0 Å². The fourth-order valence-electron chi connectivity index (χ4n) is 1.15. The summed E-state index contributed by atoms with van der Waals surface area (Å²) in [5.74, 6) is 0. The van der Waals surface area contributed by atoms with E-state index in [4.69, 9.17) is 32.0 Å². The highest BCUT2D eigenvalue weighted by Gasteiger charge is 2.40. The van der Waals surface area contributed by atoms with Gasteiger partial charge >= 0.3 is 0 Å². The fourth-order valence-corrected chi connectivity index (χ4v) is 1.48. The second-order valence-electron chi connectivity index (χ2n) is 2.79. The molecule has 0 unspecified atom stereocenters. The quantitative estimate of drug-likeness (QED) is 0.342. The largest absolute Gasteiger partial charge is 0.390 e. The van der Waals surface area contributed by atoms with Gasteiger partial charge in [-0.15, -0.1) is 11.6 Å². The Bertz CT molecular complexity index is 129. The number of aliphatic hydroxyl groups excluding tert-OH is 4. The lowest BCUT2D eigenvalue weighted by molar-refractivity contribution is -0.133. The van der Waals surface area contributed by atoms with Gasteiger partial charge in [-0.1, -0.05) is 0 Å². The van der Waals surface area contributed by atoms with Crippen LogP contribution in [0.4, 0.5) is 0 Å². The van der Waals surface area contributed by atoms with Crippen LogP contribution >= 0.6 is 11.6 Å². The summed E-state index contributed by atoms with van der Waals surface area (Å²) in [6.45, 7) is 0. The van der Waals surface area contributed by atoms with E-state index in [1.165, 1.54) is 0 Å². The molecule has 1 fully saturated rings. The first kappa shape index (κ1) is 9.22. The summed E-state index contributed by atoms with van der Waals surface area (Å²) < 4.78 is 0. The molecule has 0 heterocycles. The van der Waals surface area contributed by atoms with Crippen molar-refractivity contribution in [2.45, 2.75) is 36.2 Å². The number of hydrogen-bond donors (Lipinski definition) is 4. The maximum Gasteiger partial charge on any atom is 0.110 e. The van der Waals surface area contributed by atoms with Gasteiger partial charge in [0, 0.05) is 0 Å². The van der Waals surface area contributed by atoms with Crippen molar-refractivity contribution in [1.82, 2.24) is 0 Å². The predicted octanol–water partition coefficient (Wildman–Crippen LogP) is -1.56. The van der Waals surface area contributed by atoms with Gasteiger partial charge in [-0.05, 0) is 6.42 Å². The molecule has 0 aromatic heterocycles. The van der Waals surface area contributed by atoms with Gasteiger partial charge in [0.2, 0.25) is 0 Å². The zero-order chi connectivity index (χ0) is 8.59. The third-order valence-electron chi connectivity index (χ3n) is 1.93. The van der Waals surface area contributed by atoms with E-state index in [1.54, 1.807) is 0 Å². The third-order valence-corrected chi connectivity index (χ3v) is 2.37. The minimum Gasteiger partial charge on any atom is -0.390 e. The summed E-state index contributed by atoms with van der Waals surface area (Å²) in [7, 11) is 0. The first-order chi connectivity index (χ1) is 5.04. The van der Waals surface area contributed by atoms with Crippen LogP contribution in [0.2, 0.25) is 0 Å². The monoisotopic (exact) mass is 182 g/mol. The number of hydrogen-bond acceptors (Lipinski definition) is 4. The molecule has 5 heteroatoms. The second kappa shape index (κ2) is 3.25. The Morgan fingerprint density at radius 2 is 1.45 bits per heavy atom. The van der Waals surface area contributed by atoms with Crippen LogP contribution in [-0.2, 0) is 0 Å². The molecule has 0 saturated heterocycles. The minimum atomic E-state index is -1.35. The Morgan fingerprint density at radius 3 is 2.00 bits per heavy atom. The van der Waals surface area contributed by atoms with E-state index >= 15 is 0 Å². The highest BCUT2D eigenvalue weighted by Crippen LogP contribution is 2.24. The zero-order valence-electron chi connectivity index (χ0n) is 5.76. The van der Waals surface area contributed by atoms with E-state index in [-0.39, 0.29) is 6.42 Å². The van der Waals surface area contributed by atoms with Crippen molar-refractivity contribution in [3.63, 3.8) is 0 Å². The first-order valence-electron chi connectivity index (χ1n) is 3.40. The summed E-state index contributed by atoms with van der Waals surface area (Å²) in [6.07, 6.45) is -4.74. The van der Waals surface area contributed by atoms with Crippen molar-refractivity contribution in [3.05, 3.63) is 0 Å². The molecule has 0 amide bonds. The lowest BCUT2D eigenvalue weighted by Crippen LogP contribution is -2.54. The summed E-state index contributed by atoms with van der Waals surface area (Å²) in [6, 6.07) is 0. The van der Waals surface area contributed by atoms with Crippen molar-refractivity contribution in [2.75, 3.05) is 0 Å². The fraction of sp³-hybridized carbons (Fsp3) is 1.00. The highest BCUT2D eigenvalue weighted by molar-refractivity contribution is 6.21. The summed E-state index contributed by atoms with van der Waals surface area (Å²) in [5.41, 5.74) is 0. The van der Waals surface area contributed by atoms with Gasteiger partial charge in [0.25, 0.3) is 0 Å². The molecule has 66 valence electrons. The van der Waals surface area contributed by atoms with E-state index in [0.29, 0.717) is 0 Å². The van der Waals surface area contributed by atoms with Crippen molar-refractivity contribution >= 4 is 11.6 Å². The van der Waals surface area contributed by atoms with Gasteiger partial charge in [0.1, 0.15) is 12.2 Å². The Hall–Kier alpha value is 0.130. The van der Waals surface area contributed by atoms with Crippen LogP contribution in [0.15, 0.2) is 0 Å². The van der Waals surface area contributed by atoms with Gasteiger partial charge in [0.05, 0.1) is 17.6 Å². The smallest absolute Gasteiger partial charge is 0.110 e. The van der Waals surface area contributed by atoms with Gasteiger partial charge in [-0.2, -0.15) is 0 Å². The van der Waals surface area contributed by atoms with Crippen LogP contribution in [0.1, 0.15) is 6.42 Å². The van der Waals surface area contributed by atoms with Crippen molar-refractivity contribution < 1.29 is 20.4 Å². The van der Waals surface area contributed by atoms with Crippen LogP contribution in [0.3, 0.4) is 0 Å². The average Bonchev–Trinajstić information content (AvgIpc) is 1.97. The van der Waals surface area contributed by atoms with E-state index < -0.39 is 29.8 Å². The van der Waals surface area contributed by atoms with Crippen LogP contribution in [0.5, 0.6) is 0 Å². The molecular formula is C6H11ClO4. The van der Waals surface area contributed by atoms with Crippen molar-refractivity contribution in [2.24, 2.45) is 0 Å². The number of alkyl halides is 1. The molecule has 0 aromatic rings. The van der Waals surface area contributed by atoms with E-state index in [9.17, 15) is 0 Å². The maximum atomic E-state index is 9.08. The second-order valence-corrected chi connectivity index (χ2v) is 3.35. The Labute approximate surface area is 69.0 Å². The molecule has 4 nitrogen and oxygen atoms in total. The molecule has 1 rings (SSSR count). The maximum absolute atomic E-state index is 9.08. The normalized spacial score (nSPS) is 52.6. The van der Waals surface area contributed by atoms with Crippen molar-refractivity contribution in [3.8, 4) is 0 Å². The van der Waals surface area contributed by atoms with E-state index in [2.05, 4.69) is 0 Å². The lowest BCUT2D eigenvalue weighted by atomic mass is 9.89. The average molecular weight is 183 g/mol. The molecule has 0 spiro atoms. The summed E-state index contributed by atoms with van der Waals surface area (Å²) in [5, 5.41) is 35.5. The molecule has 1 aliphatic carbocycles. The molecule has 0 radical (unpaired) electrons. The zero-order valence-corrected chi connectivity index (χ0v) is 6.52. The highest BCUT2D eigenvalue weighted by atomic mass is 35.5. The van der Waals surface area contributed by atoms with Gasteiger partial charge in [-0.25, -0.2) is 0 Å². The summed E-state index contributed by atoms with van der Waals surface area (Å²) in [4.78, 5) is 0. The van der Waals surface area contributed by atoms with Crippen LogP contribution in [0.25, 0.3) is 0 Å². The predicted molar refractivity (Wildman–Crippen MR) is 38.3 cm³/mol. The first-order valence-corrected chi connectivity index (χ1v) is 3.84. The Balaban J connectivity index is 2.63. The number of halogens is 1. The lowest BCUT2D eigenvalue weighted by Gasteiger charge is -2.35. The summed E-state index contributed by atoms with van der Waals surface area (Å²) >= 11 is 5.54. The van der Waals surface area contributed by atoms with Gasteiger partial charge in [-0.3, -0.25) is 0 Å². The molecular weight excluding hydrogens is 172 g/mol. The minimum absolute atomic E-state index is 0.0982. The molecule has 1 aliphatic rings. The van der Waals surface area contributed by atoms with Crippen LogP contribution in [-0.4, -0.2) is 50.2 Å². The topological polar surface area (TPSA) is 80.9 Å². The van der Waals surface area contributed by atoms with Crippen molar-refractivity contribution in [1.29, 1.82) is 0 Å². The van der Waals surface area contributed by atoms with E-state index in [0.717, 1.165) is 0 Å². The molecule has 0 aliphatic heterocycles. The number of rotatable bonds is 0.